The van der Waals surface area contributed by atoms with Gasteiger partial charge in [0.15, 0.2) is 0 Å². The Bertz CT molecular complexity index is 741. The van der Waals surface area contributed by atoms with Crippen molar-refractivity contribution in [3.63, 3.8) is 0 Å². The monoisotopic (exact) mass is 398 g/mol. The van der Waals surface area contributed by atoms with Crippen LogP contribution in [0.3, 0.4) is 0 Å². The summed E-state index contributed by atoms with van der Waals surface area (Å²) in [6.07, 6.45) is 16.5. The van der Waals surface area contributed by atoms with Crippen molar-refractivity contribution < 1.29 is 14.3 Å². The number of rotatable bonds is 4. The molecule has 4 saturated carbocycles. The first-order chi connectivity index (χ1) is 13.9. The van der Waals surface area contributed by atoms with Gasteiger partial charge in [-0.15, -0.1) is 6.58 Å². The minimum atomic E-state index is -0.526. The molecule has 0 saturated heterocycles. The summed E-state index contributed by atoms with van der Waals surface area (Å²) in [5, 5.41) is 12.2. The lowest BCUT2D eigenvalue weighted by molar-refractivity contribution is -0.206. The van der Waals surface area contributed by atoms with Gasteiger partial charge in [-0.25, -0.2) is 0 Å². The summed E-state index contributed by atoms with van der Waals surface area (Å²) in [7, 11) is 0. The largest absolute Gasteiger partial charge is 0.472 e. The first kappa shape index (κ1) is 19.9. The summed E-state index contributed by atoms with van der Waals surface area (Å²) in [6.45, 7) is 9.40. The van der Waals surface area contributed by atoms with Crippen LogP contribution in [0.2, 0.25) is 0 Å². The Hall–Kier alpha value is -1.06. The third kappa shape index (κ3) is 2.76. The highest BCUT2D eigenvalue weighted by Crippen LogP contribution is 2.70. The zero-order valence-electron chi connectivity index (χ0n) is 18.2. The van der Waals surface area contributed by atoms with Crippen LogP contribution in [0.15, 0.2) is 35.7 Å². The average Bonchev–Trinajstić information content (AvgIpc) is 3.32. The Morgan fingerprint density at radius 2 is 2.00 bits per heavy atom. The highest BCUT2D eigenvalue weighted by Gasteiger charge is 2.67. The van der Waals surface area contributed by atoms with E-state index in [4.69, 9.17) is 9.15 Å². The number of aliphatic hydroxyl groups is 1. The molecule has 1 heterocycles. The van der Waals surface area contributed by atoms with Gasteiger partial charge in [-0.05, 0) is 98.5 Å². The molecule has 0 aromatic carbocycles. The predicted molar refractivity (Wildman–Crippen MR) is 115 cm³/mol. The SMILES string of the molecule is C=CCOC1CC[C@@]2(C)C(CC[C@@H]3[C@H]2CC[C@]2(C)C(c4ccoc4)CC[C@@]32O)C1. The molecule has 3 heteroatoms. The van der Waals surface area contributed by atoms with Crippen LogP contribution < -0.4 is 0 Å². The van der Waals surface area contributed by atoms with E-state index in [1.165, 1.54) is 37.7 Å². The lowest BCUT2D eigenvalue weighted by Gasteiger charge is -2.63. The van der Waals surface area contributed by atoms with Crippen LogP contribution >= 0.6 is 0 Å². The number of ether oxygens (including phenoxy) is 1. The molecule has 4 fully saturated rings. The summed E-state index contributed by atoms with van der Waals surface area (Å²) < 4.78 is 11.5. The van der Waals surface area contributed by atoms with Crippen LogP contribution in [0.25, 0.3) is 0 Å². The normalized spacial score (nSPS) is 49.1. The number of fused-ring (bicyclic) bond motifs is 5. The molecule has 4 aliphatic rings. The fraction of sp³-hybridized carbons (Fsp3) is 0.769. The summed E-state index contributed by atoms with van der Waals surface area (Å²) in [6, 6.07) is 2.12. The quantitative estimate of drug-likeness (QED) is 0.624. The van der Waals surface area contributed by atoms with E-state index in [1.54, 1.807) is 6.26 Å². The lowest BCUT2D eigenvalue weighted by atomic mass is 9.43. The lowest BCUT2D eigenvalue weighted by Crippen LogP contribution is -2.62. The molecule has 3 nitrogen and oxygen atoms in total. The van der Waals surface area contributed by atoms with Crippen molar-refractivity contribution >= 4 is 0 Å². The molecular weight excluding hydrogens is 360 g/mol. The van der Waals surface area contributed by atoms with E-state index >= 15 is 0 Å². The molecule has 1 aromatic rings. The van der Waals surface area contributed by atoms with Crippen LogP contribution in [0.1, 0.15) is 83.1 Å². The summed E-state index contributed by atoms with van der Waals surface area (Å²) >= 11 is 0. The van der Waals surface area contributed by atoms with Gasteiger partial charge in [0.05, 0.1) is 30.8 Å². The Kier molecular flexibility index (Phi) is 4.79. The first-order valence-corrected chi connectivity index (χ1v) is 11.9. The maximum Gasteiger partial charge on any atom is 0.0937 e. The Balaban J connectivity index is 1.40. The van der Waals surface area contributed by atoms with Crippen molar-refractivity contribution in [2.75, 3.05) is 6.61 Å². The molecule has 5 rings (SSSR count). The van der Waals surface area contributed by atoms with E-state index in [-0.39, 0.29) is 5.41 Å². The second kappa shape index (κ2) is 6.99. The fourth-order valence-electron chi connectivity index (χ4n) is 8.55. The molecule has 29 heavy (non-hydrogen) atoms. The van der Waals surface area contributed by atoms with E-state index in [9.17, 15) is 5.11 Å². The Morgan fingerprint density at radius 1 is 1.14 bits per heavy atom. The van der Waals surface area contributed by atoms with Crippen LogP contribution in [-0.4, -0.2) is 23.4 Å². The topological polar surface area (TPSA) is 42.6 Å². The molecule has 8 atom stereocenters. The van der Waals surface area contributed by atoms with E-state index in [2.05, 4.69) is 26.5 Å². The van der Waals surface area contributed by atoms with Gasteiger partial charge in [-0.3, -0.25) is 0 Å². The Labute approximate surface area is 175 Å². The second-order valence-corrected chi connectivity index (χ2v) is 11.0. The molecule has 0 spiro atoms. The standard InChI is InChI=1S/C26H38O3/c1-4-14-29-20-7-11-24(2)19(16-20)5-6-23-22(24)8-12-25(3)21(9-13-26(23,25)27)18-10-15-28-17-18/h4,10,15,17,19-23,27H,1,5-9,11-14,16H2,2-3H3/t19?,20?,21?,22-,23-,24+,25-,26-/m1/s1. The van der Waals surface area contributed by atoms with Gasteiger partial charge in [-0.1, -0.05) is 19.9 Å². The maximum absolute atomic E-state index is 12.2. The van der Waals surface area contributed by atoms with Gasteiger partial charge in [0.25, 0.3) is 0 Å². The summed E-state index contributed by atoms with van der Waals surface area (Å²) in [4.78, 5) is 0. The van der Waals surface area contributed by atoms with E-state index in [0.29, 0.717) is 35.9 Å². The number of furan rings is 1. The van der Waals surface area contributed by atoms with Crippen molar-refractivity contribution in [2.24, 2.45) is 28.6 Å². The van der Waals surface area contributed by atoms with E-state index < -0.39 is 5.60 Å². The van der Waals surface area contributed by atoms with Crippen molar-refractivity contribution in [2.45, 2.75) is 89.3 Å². The minimum absolute atomic E-state index is 0.0223. The van der Waals surface area contributed by atoms with Crippen molar-refractivity contribution in [1.29, 1.82) is 0 Å². The molecule has 4 aliphatic carbocycles. The number of hydrogen-bond donors (Lipinski definition) is 1. The molecular formula is C26H38O3. The zero-order valence-corrected chi connectivity index (χ0v) is 18.2. The summed E-state index contributed by atoms with van der Waals surface area (Å²) in [5.74, 6) is 2.28. The van der Waals surface area contributed by atoms with Crippen LogP contribution in [-0.2, 0) is 4.74 Å². The van der Waals surface area contributed by atoms with Gasteiger partial charge >= 0.3 is 0 Å². The van der Waals surface area contributed by atoms with Gasteiger partial charge in [-0.2, -0.15) is 0 Å². The Morgan fingerprint density at radius 3 is 2.76 bits per heavy atom. The van der Waals surface area contributed by atoms with Gasteiger partial charge in [0.1, 0.15) is 0 Å². The van der Waals surface area contributed by atoms with Gasteiger partial charge < -0.3 is 14.3 Å². The highest BCUT2D eigenvalue weighted by molar-refractivity contribution is 5.26. The minimum Gasteiger partial charge on any atom is -0.472 e. The maximum atomic E-state index is 12.2. The van der Waals surface area contributed by atoms with E-state index in [0.717, 1.165) is 31.6 Å². The van der Waals surface area contributed by atoms with Crippen molar-refractivity contribution in [1.82, 2.24) is 0 Å². The molecule has 0 bridgehead atoms. The molecule has 0 aliphatic heterocycles. The third-order valence-electron chi connectivity index (χ3n) is 10.2. The molecule has 1 N–H and O–H groups in total. The molecule has 0 radical (unpaired) electrons. The molecule has 1 aromatic heterocycles. The van der Waals surface area contributed by atoms with Crippen LogP contribution in [0, 0.1) is 28.6 Å². The van der Waals surface area contributed by atoms with Gasteiger partial charge in [0, 0.05) is 5.41 Å². The predicted octanol–water partition coefficient (Wildman–Crippen LogP) is 6.09. The average molecular weight is 399 g/mol. The number of hydrogen-bond acceptors (Lipinski definition) is 3. The first-order valence-electron chi connectivity index (χ1n) is 11.9. The molecule has 3 unspecified atom stereocenters. The van der Waals surface area contributed by atoms with E-state index in [1.807, 2.05) is 12.3 Å². The van der Waals surface area contributed by atoms with Crippen LogP contribution in [0.5, 0.6) is 0 Å². The van der Waals surface area contributed by atoms with Crippen molar-refractivity contribution in [3.8, 4) is 0 Å². The molecule has 160 valence electrons. The van der Waals surface area contributed by atoms with Crippen molar-refractivity contribution in [3.05, 3.63) is 36.8 Å². The smallest absolute Gasteiger partial charge is 0.0937 e. The van der Waals surface area contributed by atoms with Crippen LogP contribution in [0.4, 0.5) is 0 Å². The summed E-state index contributed by atoms with van der Waals surface area (Å²) in [5.41, 5.74) is 1.11. The fourth-order valence-corrected chi connectivity index (χ4v) is 8.55. The van der Waals surface area contributed by atoms with Gasteiger partial charge in [0.2, 0.25) is 0 Å². The molecule has 0 amide bonds. The third-order valence-corrected chi connectivity index (χ3v) is 10.2. The zero-order chi connectivity index (χ0) is 20.3. The highest BCUT2D eigenvalue weighted by atomic mass is 16.5. The second-order valence-electron chi connectivity index (χ2n) is 11.0.